The van der Waals surface area contributed by atoms with Gasteiger partial charge in [-0.2, -0.15) is 13.2 Å². The monoisotopic (exact) mass is 595 g/mol. The van der Waals surface area contributed by atoms with Crippen LogP contribution in [0.3, 0.4) is 0 Å². The van der Waals surface area contributed by atoms with Crippen LogP contribution in [0.25, 0.3) is 0 Å². The highest BCUT2D eigenvalue weighted by Gasteiger charge is 2.62. The predicted octanol–water partition coefficient (Wildman–Crippen LogP) is 2.98. The summed E-state index contributed by atoms with van der Waals surface area (Å²) in [5, 5.41) is 21.7. The number of nitrogens with zero attached hydrogens (tertiary/aromatic N) is 3. The second-order valence-electron chi connectivity index (χ2n) is 7.71. The maximum atomic E-state index is 13.6. The Balaban J connectivity index is 2.62. The van der Waals surface area contributed by atoms with Gasteiger partial charge in [-0.15, -0.1) is 0 Å². The second-order valence-corrected chi connectivity index (χ2v) is 9.36. The number of halogens is 3. The zero-order valence-electron chi connectivity index (χ0n) is 20.3. The lowest BCUT2D eigenvalue weighted by Gasteiger charge is -2.41. The first-order valence-corrected chi connectivity index (χ1v) is 12.5. The van der Waals surface area contributed by atoms with E-state index in [1.54, 1.807) is 0 Å². The molecule has 19 heteroatoms. The zero-order chi connectivity index (χ0) is 30.3. The second kappa shape index (κ2) is 12.9. The van der Waals surface area contributed by atoms with E-state index in [9.17, 15) is 57.3 Å². The summed E-state index contributed by atoms with van der Waals surface area (Å²) in [4.78, 5) is 64.5. The zero-order valence-corrected chi connectivity index (χ0v) is 21.2. The highest BCUT2D eigenvalue weighted by molar-refractivity contribution is 7.53. The number of carbonyl (C=O) groups excluding carboxylic acids is 2. The normalized spacial score (nSPS) is 12.1. The smallest absolute Gasteiger partial charge is 0.465 e. The van der Waals surface area contributed by atoms with Crippen LogP contribution in [0, 0.1) is 20.2 Å². The molecule has 0 bridgehead atoms. The van der Waals surface area contributed by atoms with Gasteiger partial charge >= 0.3 is 31.3 Å². The first-order chi connectivity index (χ1) is 18.5. The van der Waals surface area contributed by atoms with Gasteiger partial charge in [0.2, 0.25) is 0 Å². The number of ether oxygens (including phenoxy) is 3. The van der Waals surface area contributed by atoms with Crippen LogP contribution in [0.15, 0.2) is 48.5 Å². The highest BCUT2D eigenvalue weighted by atomic mass is 31.2. The molecule has 218 valence electrons. The van der Waals surface area contributed by atoms with Crippen LogP contribution in [-0.4, -0.2) is 61.4 Å². The Bertz CT molecular complexity index is 1220. The average molecular weight is 595 g/mol. The SMILES string of the molecule is CCOC(=O)CN(C(=O)C(F)(F)F)C(OCc1ccc([N+](=O)[O-])cc1)(OCc1ccc([N+](=O)[O-])cc1)P(=O)(O)O. The fourth-order valence-electron chi connectivity index (χ4n) is 3.09. The molecular formula is C21H21F3N3O12P. The molecule has 0 saturated carbocycles. The summed E-state index contributed by atoms with van der Waals surface area (Å²) in [6.07, 6.45) is -5.79. The van der Waals surface area contributed by atoms with Crippen molar-refractivity contribution in [1.82, 2.24) is 4.90 Å². The number of rotatable bonds is 13. The van der Waals surface area contributed by atoms with Crippen molar-refractivity contribution in [2.45, 2.75) is 32.0 Å². The summed E-state index contributed by atoms with van der Waals surface area (Å²) in [6.45, 7) is -2.73. The molecule has 0 aliphatic carbocycles. The van der Waals surface area contributed by atoms with E-state index in [-0.39, 0.29) is 17.7 Å². The summed E-state index contributed by atoms with van der Waals surface area (Å²) in [5.74, 6) is -4.44. The minimum atomic E-state index is -6.15. The van der Waals surface area contributed by atoms with Crippen LogP contribution in [0.1, 0.15) is 18.1 Å². The molecule has 2 aromatic rings. The van der Waals surface area contributed by atoms with Crippen molar-refractivity contribution < 1.29 is 61.2 Å². The van der Waals surface area contributed by atoms with E-state index < -0.39 is 77.2 Å². The fourth-order valence-corrected chi connectivity index (χ4v) is 4.04. The summed E-state index contributed by atoms with van der Waals surface area (Å²) < 4.78 is 68.4. The summed E-state index contributed by atoms with van der Waals surface area (Å²) in [7, 11) is -6.15. The third-order valence-corrected chi connectivity index (χ3v) is 6.17. The van der Waals surface area contributed by atoms with Crippen molar-refractivity contribution in [2.24, 2.45) is 0 Å². The standard InChI is InChI=1S/C21H21F3N3O12P/c1-2-37-18(28)11-25(19(29)20(22,23)24)21(40(34,35)36,38-12-14-3-7-16(8-4-14)26(30)31)39-13-15-5-9-17(10-6-15)27(32)33/h3-10H,2,11-13H2,1H3,(H2,34,35,36). The summed E-state index contributed by atoms with van der Waals surface area (Å²) in [5.41, 5.74) is -4.79. The molecule has 15 nitrogen and oxygen atoms in total. The van der Waals surface area contributed by atoms with E-state index in [1.807, 2.05) is 0 Å². The Morgan fingerprint density at radius 1 is 0.900 bits per heavy atom. The van der Waals surface area contributed by atoms with E-state index in [0.717, 1.165) is 48.5 Å². The van der Waals surface area contributed by atoms with Crippen LogP contribution < -0.4 is 0 Å². The third-order valence-electron chi connectivity index (χ3n) is 4.94. The molecule has 1 amide bonds. The molecule has 0 aliphatic rings. The number of nitro benzene ring substituents is 2. The van der Waals surface area contributed by atoms with Crippen LogP contribution in [0.5, 0.6) is 0 Å². The average Bonchev–Trinajstić information content (AvgIpc) is 2.86. The minimum absolute atomic E-state index is 0.0575. The molecule has 0 heterocycles. The van der Waals surface area contributed by atoms with E-state index >= 15 is 0 Å². The van der Waals surface area contributed by atoms with E-state index in [4.69, 9.17) is 9.47 Å². The van der Waals surface area contributed by atoms with Crippen molar-refractivity contribution in [1.29, 1.82) is 0 Å². The first kappa shape index (κ1) is 32.3. The Morgan fingerprint density at radius 3 is 1.60 bits per heavy atom. The van der Waals surface area contributed by atoms with Gasteiger partial charge in [0, 0.05) is 24.3 Å². The number of hydrogen-bond donors (Lipinski definition) is 2. The Hall–Kier alpha value is -3.96. The molecule has 2 N–H and O–H groups in total. The number of alkyl halides is 3. The van der Waals surface area contributed by atoms with E-state index in [0.29, 0.717) is 0 Å². The van der Waals surface area contributed by atoms with Crippen LogP contribution in [0.4, 0.5) is 24.5 Å². The van der Waals surface area contributed by atoms with Gasteiger partial charge in [0.25, 0.3) is 11.4 Å². The highest BCUT2D eigenvalue weighted by Crippen LogP contribution is 2.55. The molecular weight excluding hydrogens is 574 g/mol. The Kier molecular flexibility index (Phi) is 10.4. The Morgan fingerprint density at radius 2 is 1.30 bits per heavy atom. The largest absolute Gasteiger partial charge is 0.471 e. The quantitative estimate of drug-likeness (QED) is 0.113. The number of nitro groups is 2. The van der Waals surface area contributed by atoms with Crippen molar-refractivity contribution in [3.05, 3.63) is 79.9 Å². The van der Waals surface area contributed by atoms with Crippen molar-refractivity contribution in [3.63, 3.8) is 0 Å². The molecule has 0 atom stereocenters. The van der Waals surface area contributed by atoms with Gasteiger partial charge in [0.15, 0.2) is 0 Å². The van der Waals surface area contributed by atoms with Crippen molar-refractivity contribution >= 4 is 30.8 Å². The first-order valence-electron chi connectivity index (χ1n) is 10.9. The van der Waals surface area contributed by atoms with Gasteiger partial charge in [-0.25, -0.2) is 0 Å². The third kappa shape index (κ3) is 8.03. The fraction of sp³-hybridized carbons (Fsp3) is 0.333. The van der Waals surface area contributed by atoms with Gasteiger partial charge < -0.3 is 24.0 Å². The molecule has 2 rings (SSSR count). The molecule has 0 saturated heterocycles. The molecule has 2 aromatic carbocycles. The van der Waals surface area contributed by atoms with E-state index in [2.05, 4.69) is 4.74 Å². The van der Waals surface area contributed by atoms with Crippen molar-refractivity contribution in [2.75, 3.05) is 13.2 Å². The number of hydrogen-bond acceptors (Lipinski definition) is 10. The van der Waals surface area contributed by atoms with Crippen LogP contribution >= 0.6 is 7.60 Å². The number of non-ortho nitro benzene ring substituents is 2. The minimum Gasteiger partial charge on any atom is -0.465 e. The summed E-state index contributed by atoms with van der Waals surface area (Å²) in [6, 6.07) is 8.08. The number of amides is 1. The number of benzene rings is 2. The van der Waals surface area contributed by atoms with Gasteiger partial charge in [0.05, 0.1) is 29.7 Å². The summed E-state index contributed by atoms with van der Waals surface area (Å²) >= 11 is 0. The molecule has 0 fully saturated rings. The molecule has 0 aromatic heterocycles. The lowest BCUT2D eigenvalue weighted by atomic mass is 10.2. The van der Waals surface area contributed by atoms with Gasteiger partial charge in [-0.05, 0) is 42.3 Å². The molecule has 0 aliphatic heterocycles. The lowest BCUT2D eigenvalue weighted by molar-refractivity contribution is -0.385. The molecule has 40 heavy (non-hydrogen) atoms. The van der Waals surface area contributed by atoms with Gasteiger partial charge in [0.1, 0.15) is 6.54 Å². The van der Waals surface area contributed by atoms with Crippen LogP contribution in [-0.2, 0) is 41.6 Å². The maximum Gasteiger partial charge on any atom is 0.471 e. The predicted molar refractivity (Wildman–Crippen MR) is 125 cm³/mol. The maximum absolute atomic E-state index is 13.6. The molecule has 0 unspecified atom stereocenters. The molecule has 0 spiro atoms. The van der Waals surface area contributed by atoms with Crippen LogP contribution in [0.2, 0.25) is 0 Å². The lowest BCUT2D eigenvalue weighted by Crippen LogP contribution is -2.60. The van der Waals surface area contributed by atoms with E-state index in [1.165, 1.54) is 6.92 Å². The van der Waals surface area contributed by atoms with Gasteiger partial charge in [-0.3, -0.25) is 39.3 Å². The number of esters is 1. The topological polar surface area (TPSA) is 209 Å². The Labute approximate surface area is 222 Å². The van der Waals surface area contributed by atoms with Gasteiger partial charge in [-0.1, -0.05) is 0 Å². The molecule has 0 radical (unpaired) electrons. The number of carbonyl (C=O) groups is 2. The van der Waals surface area contributed by atoms with Crippen molar-refractivity contribution in [3.8, 4) is 0 Å².